The van der Waals surface area contributed by atoms with Gasteiger partial charge < -0.3 is 5.32 Å². The highest BCUT2D eigenvalue weighted by Gasteiger charge is 2.18. The van der Waals surface area contributed by atoms with Crippen LogP contribution in [-0.2, 0) is 6.54 Å². The third-order valence-corrected chi connectivity index (χ3v) is 3.95. The van der Waals surface area contributed by atoms with Crippen molar-refractivity contribution in [1.82, 2.24) is 24.8 Å². The molecule has 0 atom stereocenters. The average Bonchev–Trinajstić information content (AvgIpc) is 3.19. The molecule has 1 aromatic carbocycles. The number of hydrogen-bond donors (Lipinski definition) is 1. The summed E-state index contributed by atoms with van der Waals surface area (Å²) in [5, 5.41) is 16.3. The number of aryl methyl sites for hydroxylation is 2. The topological polar surface area (TPSA) is 77.6 Å². The van der Waals surface area contributed by atoms with E-state index in [1.165, 1.54) is 4.80 Å². The molecule has 2 heterocycles. The molecule has 0 unspecified atom stereocenters. The fraction of sp³-hybridized carbons (Fsp3) is 0.294. The van der Waals surface area contributed by atoms with E-state index in [1.54, 1.807) is 36.0 Å². The molecular weight excluding hydrogens is 340 g/mol. The summed E-state index contributed by atoms with van der Waals surface area (Å²) in [7, 11) is 0. The number of halogens is 1. The molecule has 7 nitrogen and oxygen atoms in total. The highest BCUT2D eigenvalue weighted by Crippen LogP contribution is 2.15. The zero-order valence-electron chi connectivity index (χ0n) is 14.1. The summed E-state index contributed by atoms with van der Waals surface area (Å²) in [5.41, 5.74) is 1.50. The van der Waals surface area contributed by atoms with Crippen LogP contribution in [0.1, 0.15) is 35.9 Å². The van der Waals surface area contributed by atoms with Gasteiger partial charge in [-0.2, -0.15) is 15.0 Å². The number of nitrogens with one attached hydrogen (secondary N) is 1. The van der Waals surface area contributed by atoms with Crippen molar-refractivity contribution in [1.29, 1.82) is 0 Å². The number of anilines is 1. The molecule has 0 radical (unpaired) electrons. The summed E-state index contributed by atoms with van der Waals surface area (Å²) >= 11 is 6.00. The summed E-state index contributed by atoms with van der Waals surface area (Å²) < 4.78 is 1.78. The van der Waals surface area contributed by atoms with Gasteiger partial charge in [0.25, 0.3) is 5.91 Å². The van der Waals surface area contributed by atoms with Crippen LogP contribution in [0.2, 0.25) is 5.02 Å². The second kappa shape index (κ2) is 7.48. The van der Waals surface area contributed by atoms with Gasteiger partial charge in [0.05, 0.1) is 17.6 Å². The van der Waals surface area contributed by atoms with Gasteiger partial charge in [-0.3, -0.25) is 4.79 Å². The van der Waals surface area contributed by atoms with Gasteiger partial charge in [-0.1, -0.05) is 31.0 Å². The van der Waals surface area contributed by atoms with E-state index < -0.39 is 0 Å². The summed E-state index contributed by atoms with van der Waals surface area (Å²) in [6, 6.07) is 8.91. The van der Waals surface area contributed by atoms with Crippen LogP contribution in [-0.4, -0.2) is 30.7 Å². The molecule has 0 saturated heterocycles. The van der Waals surface area contributed by atoms with Crippen LogP contribution in [0, 0.1) is 6.92 Å². The van der Waals surface area contributed by atoms with E-state index in [0.717, 1.165) is 19.4 Å². The van der Waals surface area contributed by atoms with E-state index in [4.69, 9.17) is 11.6 Å². The minimum atomic E-state index is -0.316. The predicted molar refractivity (Wildman–Crippen MR) is 96.2 cm³/mol. The molecular formula is C17H19ClN6O. The Labute approximate surface area is 150 Å². The first-order chi connectivity index (χ1) is 12.1. The Morgan fingerprint density at radius 2 is 2.12 bits per heavy atom. The third-order valence-electron chi connectivity index (χ3n) is 3.72. The lowest BCUT2D eigenvalue weighted by atomic mass is 10.3. The number of carbonyl (C=O) groups is 1. The van der Waals surface area contributed by atoms with Crippen LogP contribution in [0.5, 0.6) is 0 Å². The lowest BCUT2D eigenvalue weighted by Gasteiger charge is -2.07. The molecule has 0 fully saturated rings. The van der Waals surface area contributed by atoms with Crippen molar-refractivity contribution in [3.8, 4) is 5.69 Å². The highest BCUT2D eigenvalue weighted by molar-refractivity contribution is 6.30. The SMILES string of the molecule is CCCCn1nccc1NC(=O)c1nn(-c2cccc(Cl)c2)nc1C. The quantitative estimate of drug-likeness (QED) is 0.731. The smallest absolute Gasteiger partial charge is 0.279 e. The molecule has 2 aromatic heterocycles. The number of hydrogen-bond acceptors (Lipinski definition) is 4. The fourth-order valence-electron chi connectivity index (χ4n) is 2.41. The van der Waals surface area contributed by atoms with Crippen molar-refractivity contribution in [2.45, 2.75) is 33.2 Å². The first-order valence-electron chi connectivity index (χ1n) is 8.11. The molecule has 8 heteroatoms. The van der Waals surface area contributed by atoms with E-state index in [9.17, 15) is 4.79 Å². The van der Waals surface area contributed by atoms with Gasteiger partial charge in [0.2, 0.25) is 0 Å². The van der Waals surface area contributed by atoms with Gasteiger partial charge in [-0.15, -0.1) is 5.10 Å². The second-order valence-corrected chi connectivity index (χ2v) is 6.09. The summed E-state index contributed by atoms with van der Waals surface area (Å²) in [6.07, 6.45) is 3.72. The molecule has 0 spiro atoms. The van der Waals surface area contributed by atoms with Gasteiger partial charge in [0, 0.05) is 17.6 Å². The van der Waals surface area contributed by atoms with E-state index in [0.29, 0.717) is 22.2 Å². The third kappa shape index (κ3) is 3.88. The second-order valence-electron chi connectivity index (χ2n) is 5.65. The van der Waals surface area contributed by atoms with Crippen LogP contribution in [0.3, 0.4) is 0 Å². The van der Waals surface area contributed by atoms with E-state index >= 15 is 0 Å². The van der Waals surface area contributed by atoms with Crippen LogP contribution < -0.4 is 5.32 Å². The van der Waals surface area contributed by atoms with Crippen molar-refractivity contribution in [2.75, 3.05) is 5.32 Å². The van der Waals surface area contributed by atoms with Crippen LogP contribution >= 0.6 is 11.6 Å². The van der Waals surface area contributed by atoms with Gasteiger partial charge in [-0.25, -0.2) is 4.68 Å². The summed E-state index contributed by atoms with van der Waals surface area (Å²) in [4.78, 5) is 14.0. The van der Waals surface area contributed by atoms with Crippen LogP contribution in [0.25, 0.3) is 5.69 Å². The number of amides is 1. The Hall–Kier alpha value is -2.67. The molecule has 0 aliphatic heterocycles. The normalized spacial score (nSPS) is 10.8. The predicted octanol–water partition coefficient (Wildman–Crippen LogP) is 3.48. The molecule has 130 valence electrons. The molecule has 1 N–H and O–H groups in total. The Morgan fingerprint density at radius 1 is 1.28 bits per heavy atom. The first kappa shape index (κ1) is 17.2. The van der Waals surface area contributed by atoms with E-state index in [2.05, 4.69) is 27.5 Å². The lowest BCUT2D eigenvalue weighted by Crippen LogP contribution is -2.17. The van der Waals surface area contributed by atoms with Gasteiger partial charge in [0.1, 0.15) is 5.82 Å². The largest absolute Gasteiger partial charge is 0.305 e. The van der Waals surface area contributed by atoms with Crippen LogP contribution in [0.15, 0.2) is 36.5 Å². The minimum Gasteiger partial charge on any atom is -0.305 e. The highest BCUT2D eigenvalue weighted by atomic mass is 35.5. The number of nitrogens with zero attached hydrogens (tertiary/aromatic N) is 5. The number of aromatic nitrogens is 5. The number of benzene rings is 1. The number of carbonyl (C=O) groups excluding carboxylic acids is 1. The Bertz CT molecular complexity index is 885. The first-order valence-corrected chi connectivity index (χ1v) is 8.49. The summed E-state index contributed by atoms with van der Waals surface area (Å²) in [5.74, 6) is 0.333. The average molecular weight is 359 g/mol. The molecule has 0 aliphatic rings. The van der Waals surface area contributed by atoms with Gasteiger partial charge >= 0.3 is 0 Å². The van der Waals surface area contributed by atoms with Gasteiger partial charge in [0.15, 0.2) is 5.69 Å². The molecule has 3 rings (SSSR count). The monoisotopic (exact) mass is 358 g/mol. The lowest BCUT2D eigenvalue weighted by molar-refractivity contribution is 0.102. The Morgan fingerprint density at radius 3 is 2.88 bits per heavy atom. The molecule has 1 amide bonds. The molecule has 0 aliphatic carbocycles. The van der Waals surface area contributed by atoms with Crippen molar-refractivity contribution in [3.05, 3.63) is 52.9 Å². The summed E-state index contributed by atoms with van der Waals surface area (Å²) in [6.45, 7) is 4.61. The van der Waals surface area contributed by atoms with Crippen molar-refractivity contribution in [3.63, 3.8) is 0 Å². The van der Waals surface area contributed by atoms with E-state index in [1.807, 2.05) is 12.1 Å². The zero-order chi connectivity index (χ0) is 17.8. The van der Waals surface area contributed by atoms with Crippen molar-refractivity contribution in [2.24, 2.45) is 0 Å². The minimum absolute atomic E-state index is 0.267. The number of rotatable bonds is 6. The van der Waals surface area contributed by atoms with E-state index in [-0.39, 0.29) is 11.6 Å². The maximum Gasteiger partial charge on any atom is 0.279 e. The number of unbranched alkanes of at least 4 members (excludes halogenated alkanes) is 1. The van der Waals surface area contributed by atoms with Crippen molar-refractivity contribution < 1.29 is 4.79 Å². The molecule has 25 heavy (non-hydrogen) atoms. The molecule has 0 saturated carbocycles. The fourth-order valence-corrected chi connectivity index (χ4v) is 2.59. The molecule has 3 aromatic rings. The van der Waals surface area contributed by atoms with Crippen LogP contribution in [0.4, 0.5) is 5.82 Å². The maximum atomic E-state index is 12.6. The Kier molecular flexibility index (Phi) is 5.14. The maximum absolute atomic E-state index is 12.6. The Balaban J connectivity index is 1.80. The van der Waals surface area contributed by atoms with Crippen molar-refractivity contribution >= 4 is 23.3 Å². The standard InChI is InChI=1S/C17H19ClN6O/c1-3-4-10-23-15(8-9-19-23)20-17(25)16-12(2)21-24(22-16)14-7-5-6-13(18)11-14/h5-9,11H,3-4,10H2,1-2H3,(H,20,25). The molecule has 0 bridgehead atoms. The zero-order valence-corrected chi connectivity index (χ0v) is 14.9. The van der Waals surface area contributed by atoms with Gasteiger partial charge in [-0.05, 0) is 31.5 Å².